The van der Waals surface area contributed by atoms with Crippen molar-refractivity contribution in [3.05, 3.63) is 24.0 Å². The zero-order chi connectivity index (χ0) is 13.1. The minimum atomic E-state index is 0.0123. The molecule has 0 spiro atoms. The van der Waals surface area contributed by atoms with E-state index in [1.54, 1.807) is 18.3 Å². The predicted molar refractivity (Wildman–Crippen MR) is 71.0 cm³/mol. The van der Waals surface area contributed by atoms with Crippen molar-refractivity contribution >= 4 is 11.6 Å². The van der Waals surface area contributed by atoms with Crippen LogP contribution in [0.3, 0.4) is 0 Å². The lowest BCUT2D eigenvalue weighted by molar-refractivity contribution is 0.0504. The smallest absolute Gasteiger partial charge is 0.272 e. The molecule has 2 rings (SSSR count). The van der Waals surface area contributed by atoms with E-state index >= 15 is 0 Å². The minimum absolute atomic E-state index is 0.0123. The van der Waals surface area contributed by atoms with E-state index in [0.29, 0.717) is 11.4 Å². The Labute approximate surface area is 107 Å². The van der Waals surface area contributed by atoms with Gasteiger partial charge in [-0.1, -0.05) is 0 Å². The molecule has 5 nitrogen and oxygen atoms in total. The van der Waals surface area contributed by atoms with Crippen LogP contribution in [0.4, 0.5) is 5.69 Å². The molecule has 3 N–H and O–H groups in total. The molecule has 1 aliphatic heterocycles. The molecule has 1 aromatic heterocycles. The first-order valence-electron chi connectivity index (χ1n) is 6.39. The van der Waals surface area contributed by atoms with Crippen LogP contribution < -0.4 is 11.3 Å². The second kappa shape index (κ2) is 5.35. The third-order valence-electron chi connectivity index (χ3n) is 3.58. The van der Waals surface area contributed by atoms with Crippen molar-refractivity contribution in [1.82, 2.24) is 9.88 Å². The van der Waals surface area contributed by atoms with Gasteiger partial charge in [0.15, 0.2) is 0 Å². The fraction of sp³-hybridized carbons (Fsp3) is 0.538. The molecule has 5 heteroatoms. The summed E-state index contributed by atoms with van der Waals surface area (Å²) in [6.45, 7) is 4.20. The van der Waals surface area contributed by atoms with Gasteiger partial charge in [0.05, 0.1) is 11.9 Å². The van der Waals surface area contributed by atoms with Gasteiger partial charge >= 0.3 is 0 Å². The van der Waals surface area contributed by atoms with E-state index in [1.807, 2.05) is 4.90 Å². The SMILES string of the molecule is C[C@@H]1CCC[C@H](C)N1C(=O)c1ccc(NN)cn1. The number of nitrogens with two attached hydrogens (primary N) is 1. The standard InChI is InChI=1S/C13H20N4O/c1-9-4-3-5-10(2)17(9)13(18)12-7-6-11(16-14)8-15-12/h6-10,16H,3-5,14H2,1-2H3/t9-,10+. The Morgan fingerprint density at radius 3 is 2.56 bits per heavy atom. The number of carbonyl (C=O) groups excluding carboxylic acids is 1. The zero-order valence-electron chi connectivity index (χ0n) is 10.9. The van der Waals surface area contributed by atoms with Gasteiger partial charge in [-0.25, -0.2) is 4.98 Å². The van der Waals surface area contributed by atoms with Crippen molar-refractivity contribution in [1.29, 1.82) is 0 Å². The fourth-order valence-corrected chi connectivity index (χ4v) is 2.56. The molecule has 0 saturated carbocycles. The van der Waals surface area contributed by atoms with Crippen LogP contribution >= 0.6 is 0 Å². The lowest BCUT2D eigenvalue weighted by Crippen LogP contribution is -2.47. The summed E-state index contributed by atoms with van der Waals surface area (Å²) in [5.41, 5.74) is 3.68. The van der Waals surface area contributed by atoms with Crippen LogP contribution in [0.2, 0.25) is 0 Å². The number of anilines is 1. The average Bonchev–Trinajstić information content (AvgIpc) is 2.38. The summed E-state index contributed by atoms with van der Waals surface area (Å²) in [6.07, 6.45) is 4.90. The fourth-order valence-electron chi connectivity index (χ4n) is 2.56. The van der Waals surface area contributed by atoms with Crippen LogP contribution in [0.25, 0.3) is 0 Å². The van der Waals surface area contributed by atoms with Crippen LogP contribution in [-0.2, 0) is 0 Å². The van der Waals surface area contributed by atoms with Crippen molar-refractivity contribution < 1.29 is 4.79 Å². The van der Waals surface area contributed by atoms with Crippen LogP contribution in [0, 0.1) is 0 Å². The Kier molecular flexibility index (Phi) is 3.81. The highest BCUT2D eigenvalue weighted by Crippen LogP contribution is 2.24. The number of pyridine rings is 1. The number of nitrogens with one attached hydrogen (secondary N) is 1. The Morgan fingerprint density at radius 2 is 2.06 bits per heavy atom. The highest BCUT2D eigenvalue weighted by molar-refractivity contribution is 5.93. The van der Waals surface area contributed by atoms with Crippen LogP contribution in [0.5, 0.6) is 0 Å². The van der Waals surface area contributed by atoms with Gasteiger partial charge in [0.25, 0.3) is 5.91 Å². The second-order valence-corrected chi connectivity index (χ2v) is 4.92. The molecule has 18 heavy (non-hydrogen) atoms. The van der Waals surface area contributed by atoms with Gasteiger partial charge in [-0.05, 0) is 45.2 Å². The number of likely N-dealkylation sites (tertiary alicyclic amines) is 1. The first-order chi connectivity index (χ1) is 8.63. The normalized spacial score (nSPS) is 23.8. The third kappa shape index (κ3) is 2.46. The molecule has 1 amide bonds. The number of rotatable bonds is 2. The number of carbonyl (C=O) groups is 1. The van der Waals surface area contributed by atoms with E-state index in [0.717, 1.165) is 12.8 Å². The molecule has 1 aliphatic rings. The average molecular weight is 248 g/mol. The van der Waals surface area contributed by atoms with E-state index in [2.05, 4.69) is 24.3 Å². The lowest BCUT2D eigenvalue weighted by atomic mass is 9.97. The number of hydrogen-bond acceptors (Lipinski definition) is 4. The third-order valence-corrected chi connectivity index (χ3v) is 3.58. The van der Waals surface area contributed by atoms with E-state index in [-0.39, 0.29) is 18.0 Å². The van der Waals surface area contributed by atoms with E-state index < -0.39 is 0 Å². The van der Waals surface area contributed by atoms with Crippen molar-refractivity contribution in [2.24, 2.45) is 5.84 Å². The highest BCUT2D eigenvalue weighted by atomic mass is 16.2. The van der Waals surface area contributed by atoms with Gasteiger partial charge in [0, 0.05) is 12.1 Å². The first-order valence-corrected chi connectivity index (χ1v) is 6.39. The van der Waals surface area contributed by atoms with E-state index in [9.17, 15) is 4.79 Å². The number of hydrogen-bond donors (Lipinski definition) is 2. The molecule has 98 valence electrons. The van der Waals surface area contributed by atoms with Gasteiger partial charge in [-0.3, -0.25) is 10.6 Å². The summed E-state index contributed by atoms with van der Waals surface area (Å²) in [5.74, 6) is 5.29. The summed E-state index contributed by atoms with van der Waals surface area (Å²) >= 11 is 0. The molecule has 0 unspecified atom stereocenters. The maximum absolute atomic E-state index is 12.4. The molecular formula is C13H20N4O. The highest BCUT2D eigenvalue weighted by Gasteiger charge is 2.30. The predicted octanol–water partition coefficient (Wildman–Crippen LogP) is 1.77. The quantitative estimate of drug-likeness (QED) is 0.618. The van der Waals surface area contributed by atoms with Crippen molar-refractivity contribution in [3.63, 3.8) is 0 Å². The van der Waals surface area contributed by atoms with Crippen molar-refractivity contribution in [2.45, 2.75) is 45.2 Å². The maximum atomic E-state index is 12.4. The van der Waals surface area contributed by atoms with Crippen LogP contribution in [0.1, 0.15) is 43.6 Å². The molecule has 1 fully saturated rings. The monoisotopic (exact) mass is 248 g/mol. The second-order valence-electron chi connectivity index (χ2n) is 4.92. The van der Waals surface area contributed by atoms with E-state index in [4.69, 9.17) is 5.84 Å². The van der Waals surface area contributed by atoms with Gasteiger partial charge in [0.2, 0.25) is 0 Å². The summed E-state index contributed by atoms with van der Waals surface area (Å²) < 4.78 is 0. The number of hydrazine groups is 1. The molecule has 0 aliphatic carbocycles. The number of piperidine rings is 1. The van der Waals surface area contributed by atoms with Gasteiger partial charge < -0.3 is 10.3 Å². The van der Waals surface area contributed by atoms with E-state index in [1.165, 1.54) is 6.42 Å². The Morgan fingerprint density at radius 1 is 1.39 bits per heavy atom. The Balaban J connectivity index is 2.18. The molecule has 1 aromatic rings. The van der Waals surface area contributed by atoms with Gasteiger partial charge in [0.1, 0.15) is 5.69 Å². The zero-order valence-corrected chi connectivity index (χ0v) is 10.9. The molecule has 2 atom stereocenters. The molecule has 0 bridgehead atoms. The Bertz CT molecular complexity index is 408. The van der Waals surface area contributed by atoms with Gasteiger partial charge in [-0.15, -0.1) is 0 Å². The minimum Gasteiger partial charge on any atom is -0.332 e. The summed E-state index contributed by atoms with van der Waals surface area (Å²) in [5, 5.41) is 0. The first kappa shape index (κ1) is 12.8. The number of nitrogens with zero attached hydrogens (tertiary/aromatic N) is 2. The Hall–Kier alpha value is -1.62. The number of amides is 1. The topological polar surface area (TPSA) is 71.2 Å². The largest absolute Gasteiger partial charge is 0.332 e. The van der Waals surface area contributed by atoms with Crippen molar-refractivity contribution in [3.8, 4) is 0 Å². The molecule has 2 heterocycles. The summed E-state index contributed by atoms with van der Waals surface area (Å²) in [7, 11) is 0. The maximum Gasteiger partial charge on any atom is 0.272 e. The van der Waals surface area contributed by atoms with Gasteiger partial charge in [-0.2, -0.15) is 0 Å². The van der Waals surface area contributed by atoms with Crippen LogP contribution in [-0.4, -0.2) is 27.9 Å². The summed E-state index contributed by atoms with van der Waals surface area (Å²) in [6, 6.07) is 4.05. The van der Waals surface area contributed by atoms with Crippen molar-refractivity contribution in [2.75, 3.05) is 5.43 Å². The molecule has 1 saturated heterocycles. The number of nitrogen functional groups attached to an aromatic ring is 1. The molecule has 0 aromatic carbocycles. The molecule has 0 radical (unpaired) electrons. The lowest BCUT2D eigenvalue weighted by Gasteiger charge is -2.38. The molecular weight excluding hydrogens is 228 g/mol. The number of aromatic nitrogens is 1. The van der Waals surface area contributed by atoms with Crippen LogP contribution in [0.15, 0.2) is 18.3 Å². The summed E-state index contributed by atoms with van der Waals surface area (Å²) in [4.78, 5) is 18.5.